The van der Waals surface area contributed by atoms with Crippen LogP contribution in [0.25, 0.3) is 10.6 Å². The maximum absolute atomic E-state index is 12.1. The number of ether oxygens (including phenoxy) is 1. The summed E-state index contributed by atoms with van der Waals surface area (Å²) in [5.41, 5.74) is 1.83. The van der Waals surface area contributed by atoms with Crippen LogP contribution in [0.5, 0.6) is 0 Å². The van der Waals surface area contributed by atoms with Crippen LogP contribution in [0.15, 0.2) is 5.38 Å². The lowest BCUT2D eigenvalue weighted by molar-refractivity contribution is -0.128. The van der Waals surface area contributed by atoms with Crippen LogP contribution >= 0.6 is 35.1 Å². The number of morpholine rings is 1. The van der Waals surface area contributed by atoms with Gasteiger partial charge in [0.25, 0.3) is 5.91 Å². The largest absolute Gasteiger partial charge is 0.366 e. The fraction of sp³-hybridized carbons (Fsp3) is 0.462. The summed E-state index contributed by atoms with van der Waals surface area (Å²) in [5, 5.41) is 9.50. The minimum Gasteiger partial charge on any atom is -0.366 e. The van der Waals surface area contributed by atoms with Gasteiger partial charge in [-0.05, 0) is 13.8 Å². The van der Waals surface area contributed by atoms with E-state index in [9.17, 15) is 4.79 Å². The predicted molar refractivity (Wildman–Crippen MR) is 91.2 cm³/mol. The number of anilines is 1. The molecule has 1 atom stereocenters. The third-order valence-corrected chi connectivity index (χ3v) is 4.94. The highest BCUT2D eigenvalue weighted by molar-refractivity contribution is 7.16. The standard InChI is InChI=1S/C13H16N4O2S2.ClH/c1-7-11(21-8(2)15-7)9-6-20-13(16-9)17-12(18)10-5-14-3-4-19-10;/h6,10,14H,3-5H2,1-2H3,(H,16,17,18);1H/t10-;/m1./s1. The van der Waals surface area contributed by atoms with Gasteiger partial charge in [-0.3, -0.25) is 10.1 Å². The molecular formula is C13H17ClN4O2S2. The number of rotatable bonds is 3. The topological polar surface area (TPSA) is 76.1 Å². The van der Waals surface area contributed by atoms with Crippen LogP contribution in [0, 0.1) is 13.8 Å². The van der Waals surface area contributed by atoms with E-state index in [1.165, 1.54) is 11.3 Å². The van der Waals surface area contributed by atoms with E-state index in [-0.39, 0.29) is 18.3 Å². The number of nitrogens with one attached hydrogen (secondary N) is 2. The fourth-order valence-corrected chi connectivity index (χ4v) is 3.78. The first-order valence-corrected chi connectivity index (χ1v) is 8.36. The van der Waals surface area contributed by atoms with Gasteiger partial charge in [-0.1, -0.05) is 0 Å². The number of hydrogen-bond acceptors (Lipinski definition) is 7. The lowest BCUT2D eigenvalue weighted by Crippen LogP contribution is -2.45. The molecule has 2 aromatic heterocycles. The van der Waals surface area contributed by atoms with Crippen molar-refractivity contribution in [2.75, 3.05) is 25.0 Å². The summed E-state index contributed by atoms with van der Waals surface area (Å²) >= 11 is 3.03. The van der Waals surface area contributed by atoms with Crippen molar-refractivity contribution in [1.82, 2.24) is 15.3 Å². The van der Waals surface area contributed by atoms with E-state index < -0.39 is 6.10 Å². The maximum Gasteiger partial charge on any atom is 0.256 e. The van der Waals surface area contributed by atoms with Crippen molar-refractivity contribution in [3.8, 4) is 10.6 Å². The average Bonchev–Trinajstić information content (AvgIpc) is 3.06. The third-order valence-electron chi connectivity index (χ3n) is 3.09. The molecule has 0 bridgehead atoms. The molecule has 0 aromatic carbocycles. The second kappa shape index (κ2) is 7.47. The molecule has 0 unspecified atom stereocenters. The summed E-state index contributed by atoms with van der Waals surface area (Å²) in [4.78, 5) is 22.0. The van der Waals surface area contributed by atoms with Crippen molar-refractivity contribution in [1.29, 1.82) is 0 Å². The van der Waals surface area contributed by atoms with Crippen molar-refractivity contribution in [3.63, 3.8) is 0 Å². The predicted octanol–water partition coefficient (Wildman–Crippen LogP) is 2.23. The summed E-state index contributed by atoms with van der Waals surface area (Å²) in [6.07, 6.45) is -0.446. The molecule has 22 heavy (non-hydrogen) atoms. The summed E-state index contributed by atoms with van der Waals surface area (Å²) in [6, 6.07) is 0. The smallest absolute Gasteiger partial charge is 0.256 e. The Morgan fingerprint density at radius 1 is 1.45 bits per heavy atom. The van der Waals surface area contributed by atoms with E-state index in [2.05, 4.69) is 20.6 Å². The fourth-order valence-electron chi connectivity index (χ4n) is 2.12. The summed E-state index contributed by atoms with van der Waals surface area (Å²) < 4.78 is 5.42. The highest BCUT2D eigenvalue weighted by Gasteiger charge is 2.22. The zero-order chi connectivity index (χ0) is 14.8. The first-order chi connectivity index (χ1) is 10.1. The lowest BCUT2D eigenvalue weighted by atomic mass is 10.3. The Hall–Kier alpha value is -1.06. The van der Waals surface area contributed by atoms with E-state index in [0.717, 1.165) is 27.8 Å². The van der Waals surface area contributed by atoms with Gasteiger partial charge in [0.15, 0.2) is 5.13 Å². The normalized spacial score (nSPS) is 17.8. The van der Waals surface area contributed by atoms with E-state index in [0.29, 0.717) is 18.3 Å². The number of amides is 1. The van der Waals surface area contributed by atoms with Crippen LogP contribution < -0.4 is 10.6 Å². The Balaban J connectivity index is 0.00000176. The Bertz CT molecular complexity index is 652. The van der Waals surface area contributed by atoms with E-state index in [4.69, 9.17) is 4.74 Å². The molecule has 3 rings (SSSR count). The summed E-state index contributed by atoms with van der Waals surface area (Å²) in [5.74, 6) is -0.152. The monoisotopic (exact) mass is 360 g/mol. The highest BCUT2D eigenvalue weighted by Crippen LogP contribution is 2.32. The number of aromatic nitrogens is 2. The molecule has 2 aromatic rings. The van der Waals surface area contributed by atoms with E-state index in [1.807, 2.05) is 19.2 Å². The molecule has 6 nitrogen and oxygen atoms in total. The molecule has 3 heterocycles. The molecule has 2 N–H and O–H groups in total. The summed E-state index contributed by atoms with van der Waals surface area (Å²) in [7, 11) is 0. The highest BCUT2D eigenvalue weighted by atomic mass is 35.5. The molecule has 1 aliphatic rings. The van der Waals surface area contributed by atoms with Crippen LogP contribution in [0.1, 0.15) is 10.7 Å². The molecule has 9 heteroatoms. The van der Waals surface area contributed by atoms with Gasteiger partial charge in [0.05, 0.1) is 27.9 Å². The third kappa shape index (κ3) is 3.82. The van der Waals surface area contributed by atoms with Crippen LogP contribution in [-0.4, -0.2) is 41.7 Å². The second-order valence-electron chi connectivity index (χ2n) is 4.74. The minimum atomic E-state index is -0.446. The average molecular weight is 361 g/mol. The number of nitrogens with zero attached hydrogens (tertiary/aromatic N) is 2. The van der Waals surface area contributed by atoms with Crippen LogP contribution in [0.4, 0.5) is 5.13 Å². The molecule has 1 amide bonds. The van der Waals surface area contributed by atoms with Gasteiger partial charge in [0.2, 0.25) is 0 Å². The molecule has 0 aliphatic carbocycles. The Morgan fingerprint density at radius 2 is 2.27 bits per heavy atom. The molecule has 0 radical (unpaired) electrons. The van der Waals surface area contributed by atoms with Crippen molar-refractivity contribution >= 4 is 46.1 Å². The van der Waals surface area contributed by atoms with Gasteiger partial charge < -0.3 is 10.1 Å². The van der Waals surface area contributed by atoms with Crippen LogP contribution in [0.2, 0.25) is 0 Å². The van der Waals surface area contributed by atoms with Crippen molar-refractivity contribution < 1.29 is 9.53 Å². The SMILES string of the molecule is Cc1nc(C)c(-c2csc(NC(=O)[C@H]3CNCCO3)n2)s1.Cl. The van der Waals surface area contributed by atoms with Gasteiger partial charge in [-0.25, -0.2) is 9.97 Å². The molecule has 0 saturated carbocycles. The first kappa shape index (κ1) is 17.3. The van der Waals surface area contributed by atoms with Gasteiger partial charge in [0, 0.05) is 18.5 Å². The quantitative estimate of drug-likeness (QED) is 0.877. The molecule has 1 fully saturated rings. The Kier molecular flexibility index (Phi) is 5.87. The van der Waals surface area contributed by atoms with Crippen molar-refractivity contribution in [3.05, 3.63) is 16.1 Å². The molecule has 0 spiro atoms. The Labute approximate surface area is 142 Å². The Morgan fingerprint density at radius 3 is 2.91 bits per heavy atom. The van der Waals surface area contributed by atoms with Gasteiger partial charge in [-0.2, -0.15) is 0 Å². The van der Waals surface area contributed by atoms with Gasteiger partial charge in [0.1, 0.15) is 6.10 Å². The number of aryl methyl sites for hydroxylation is 2. The number of carbonyl (C=O) groups excluding carboxylic acids is 1. The second-order valence-corrected chi connectivity index (χ2v) is 6.80. The van der Waals surface area contributed by atoms with E-state index in [1.54, 1.807) is 11.3 Å². The zero-order valence-corrected chi connectivity index (χ0v) is 14.7. The maximum atomic E-state index is 12.1. The van der Waals surface area contributed by atoms with Crippen LogP contribution in [0.3, 0.4) is 0 Å². The minimum absolute atomic E-state index is 0. The number of thiazole rings is 2. The first-order valence-electron chi connectivity index (χ1n) is 6.66. The molecular weight excluding hydrogens is 344 g/mol. The van der Waals surface area contributed by atoms with Crippen molar-refractivity contribution in [2.24, 2.45) is 0 Å². The number of hydrogen-bond donors (Lipinski definition) is 2. The van der Waals surface area contributed by atoms with E-state index >= 15 is 0 Å². The molecule has 1 aliphatic heterocycles. The molecule has 1 saturated heterocycles. The zero-order valence-electron chi connectivity index (χ0n) is 12.2. The number of halogens is 1. The number of carbonyl (C=O) groups is 1. The molecule has 120 valence electrons. The van der Waals surface area contributed by atoms with Crippen molar-refractivity contribution in [2.45, 2.75) is 20.0 Å². The lowest BCUT2D eigenvalue weighted by Gasteiger charge is -2.22. The van der Waals surface area contributed by atoms with Gasteiger partial charge >= 0.3 is 0 Å². The van der Waals surface area contributed by atoms with Crippen LogP contribution in [-0.2, 0) is 9.53 Å². The van der Waals surface area contributed by atoms with Gasteiger partial charge in [-0.15, -0.1) is 35.1 Å². The summed E-state index contributed by atoms with van der Waals surface area (Å²) in [6.45, 7) is 5.83.